The van der Waals surface area contributed by atoms with E-state index in [2.05, 4.69) is 48.0 Å². The number of aryl methyl sites for hydroxylation is 2. The molecule has 3 rings (SSSR count). The summed E-state index contributed by atoms with van der Waals surface area (Å²) in [5.41, 5.74) is 3.59. The molecule has 0 aromatic heterocycles. The highest BCUT2D eigenvalue weighted by atomic mass is 32.2. The number of nitrogens with zero attached hydrogens (tertiary/aromatic N) is 1. The van der Waals surface area contributed by atoms with E-state index in [0.29, 0.717) is 6.54 Å². The zero-order valence-electron chi connectivity index (χ0n) is 17.0. The van der Waals surface area contributed by atoms with Crippen molar-refractivity contribution in [3.8, 4) is 0 Å². The van der Waals surface area contributed by atoms with Gasteiger partial charge in [0, 0.05) is 18.5 Å². The monoisotopic (exact) mass is 404 g/mol. The van der Waals surface area contributed by atoms with Crippen LogP contribution in [0.2, 0.25) is 0 Å². The van der Waals surface area contributed by atoms with Crippen molar-refractivity contribution >= 4 is 17.9 Å². The van der Waals surface area contributed by atoms with Gasteiger partial charge in [-0.25, -0.2) is 4.72 Å². The molecule has 0 bridgehead atoms. The van der Waals surface area contributed by atoms with Crippen LogP contribution in [0, 0.1) is 6.92 Å². The van der Waals surface area contributed by atoms with Crippen LogP contribution in [0.1, 0.15) is 23.1 Å². The highest BCUT2D eigenvalue weighted by Crippen LogP contribution is 2.21. The highest BCUT2D eigenvalue weighted by molar-refractivity contribution is 7.97. The average molecular weight is 405 g/mol. The van der Waals surface area contributed by atoms with Crippen LogP contribution in [0.15, 0.2) is 89.8 Å². The fourth-order valence-corrected chi connectivity index (χ4v) is 4.06. The second kappa shape index (κ2) is 10.8. The molecule has 0 spiro atoms. The van der Waals surface area contributed by atoms with Crippen molar-refractivity contribution < 1.29 is 4.79 Å². The van der Waals surface area contributed by atoms with Crippen molar-refractivity contribution in [3.63, 3.8) is 0 Å². The Kier molecular flexibility index (Phi) is 7.91. The maximum absolute atomic E-state index is 13.2. The summed E-state index contributed by atoms with van der Waals surface area (Å²) in [6, 6.07) is 28.4. The smallest absolute Gasteiger partial charge is 0.240 e. The Morgan fingerprint density at radius 3 is 2.14 bits per heavy atom. The largest absolute Gasteiger partial charge is 0.340 e. The Balaban J connectivity index is 1.68. The summed E-state index contributed by atoms with van der Waals surface area (Å²) in [5.74, 6) is 0.117. The molecule has 0 saturated carbocycles. The van der Waals surface area contributed by atoms with Crippen molar-refractivity contribution in [2.45, 2.75) is 37.2 Å². The molecule has 0 saturated heterocycles. The minimum absolute atomic E-state index is 0.117. The fraction of sp³-hybridized carbons (Fsp3) is 0.240. The van der Waals surface area contributed by atoms with Gasteiger partial charge >= 0.3 is 0 Å². The van der Waals surface area contributed by atoms with E-state index in [1.807, 2.05) is 60.5 Å². The van der Waals surface area contributed by atoms with Gasteiger partial charge in [0.25, 0.3) is 0 Å². The summed E-state index contributed by atoms with van der Waals surface area (Å²) in [5, 5.41) is 0. The van der Waals surface area contributed by atoms with Crippen LogP contribution in [0.3, 0.4) is 0 Å². The standard InChI is InChI=1S/C25H28N2OS/c1-20-11-9-10-16-24(20)29-26-23(18-17-21-12-5-3-6-13-21)25(28)27(2)19-22-14-7-4-8-15-22/h3-16,23,26H,17-19H2,1-2H3/t23-/m1/s1. The Labute approximate surface area is 178 Å². The number of amides is 1. The SMILES string of the molecule is Cc1ccccc1SN[C@H](CCc1ccccc1)C(=O)N(C)Cc1ccccc1. The number of nitrogens with one attached hydrogen (secondary N) is 1. The normalized spacial score (nSPS) is 11.8. The van der Waals surface area contributed by atoms with Gasteiger partial charge in [-0.1, -0.05) is 78.9 Å². The summed E-state index contributed by atoms with van der Waals surface area (Å²) >= 11 is 1.54. The summed E-state index contributed by atoms with van der Waals surface area (Å²) < 4.78 is 3.44. The van der Waals surface area contributed by atoms with Crippen LogP contribution < -0.4 is 4.72 Å². The molecule has 0 aliphatic heterocycles. The Morgan fingerprint density at radius 1 is 0.897 bits per heavy atom. The van der Waals surface area contributed by atoms with E-state index in [1.54, 1.807) is 11.9 Å². The average Bonchev–Trinajstić information content (AvgIpc) is 2.76. The van der Waals surface area contributed by atoms with E-state index in [0.717, 1.165) is 23.3 Å². The van der Waals surface area contributed by atoms with E-state index >= 15 is 0 Å². The number of benzene rings is 3. The van der Waals surface area contributed by atoms with Gasteiger partial charge in [0.1, 0.15) is 0 Å². The lowest BCUT2D eigenvalue weighted by Gasteiger charge is -2.25. The summed E-state index contributed by atoms with van der Waals surface area (Å²) in [4.78, 5) is 16.2. The molecule has 29 heavy (non-hydrogen) atoms. The molecule has 1 amide bonds. The topological polar surface area (TPSA) is 32.3 Å². The molecule has 3 aromatic rings. The minimum atomic E-state index is -0.256. The van der Waals surface area contributed by atoms with Crippen molar-refractivity contribution in [2.75, 3.05) is 7.05 Å². The fourth-order valence-electron chi connectivity index (χ4n) is 3.20. The van der Waals surface area contributed by atoms with Crippen molar-refractivity contribution in [2.24, 2.45) is 0 Å². The van der Waals surface area contributed by atoms with Crippen molar-refractivity contribution in [3.05, 3.63) is 102 Å². The van der Waals surface area contributed by atoms with Crippen LogP contribution >= 0.6 is 11.9 Å². The van der Waals surface area contributed by atoms with Gasteiger partial charge in [-0.3, -0.25) is 4.79 Å². The predicted molar refractivity (Wildman–Crippen MR) is 122 cm³/mol. The summed E-state index contributed by atoms with van der Waals surface area (Å²) in [7, 11) is 1.88. The summed E-state index contributed by atoms with van der Waals surface area (Å²) in [6.45, 7) is 2.70. The lowest BCUT2D eigenvalue weighted by Crippen LogP contribution is -2.42. The van der Waals surface area contributed by atoms with Gasteiger partial charge in [0.15, 0.2) is 0 Å². The molecule has 0 radical (unpaired) electrons. The van der Waals surface area contributed by atoms with E-state index in [9.17, 15) is 4.79 Å². The van der Waals surface area contributed by atoms with Gasteiger partial charge < -0.3 is 4.90 Å². The van der Waals surface area contributed by atoms with Crippen LogP contribution in [0.4, 0.5) is 0 Å². The molecular formula is C25H28N2OS. The number of likely N-dealkylation sites (N-methyl/N-ethyl adjacent to an activating group) is 1. The number of rotatable bonds is 9. The Hall–Kier alpha value is -2.56. The molecule has 1 N–H and O–H groups in total. The lowest BCUT2D eigenvalue weighted by atomic mass is 10.0. The molecular weight excluding hydrogens is 376 g/mol. The first-order valence-corrected chi connectivity index (χ1v) is 10.8. The molecule has 0 aliphatic rings. The van der Waals surface area contributed by atoms with Crippen LogP contribution in [-0.4, -0.2) is 23.9 Å². The second-order valence-electron chi connectivity index (χ2n) is 7.24. The van der Waals surface area contributed by atoms with Crippen LogP contribution in [-0.2, 0) is 17.8 Å². The van der Waals surface area contributed by atoms with Crippen molar-refractivity contribution in [1.82, 2.24) is 9.62 Å². The van der Waals surface area contributed by atoms with Crippen LogP contribution in [0.25, 0.3) is 0 Å². The van der Waals surface area contributed by atoms with E-state index in [4.69, 9.17) is 0 Å². The molecule has 3 aromatic carbocycles. The molecule has 0 heterocycles. The third-order valence-corrected chi connectivity index (χ3v) is 5.99. The molecule has 0 aliphatic carbocycles. The maximum atomic E-state index is 13.2. The third kappa shape index (κ3) is 6.48. The molecule has 4 heteroatoms. The minimum Gasteiger partial charge on any atom is -0.340 e. The third-order valence-electron chi connectivity index (χ3n) is 4.91. The van der Waals surface area contributed by atoms with Gasteiger partial charge in [-0.15, -0.1) is 0 Å². The molecule has 3 nitrogen and oxygen atoms in total. The van der Waals surface area contributed by atoms with E-state index < -0.39 is 0 Å². The Bertz CT molecular complexity index is 899. The van der Waals surface area contributed by atoms with Gasteiger partial charge in [0.05, 0.1) is 6.04 Å². The van der Waals surface area contributed by atoms with Gasteiger partial charge in [-0.2, -0.15) is 0 Å². The molecule has 0 fully saturated rings. The molecule has 150 valence electrons. The van der Waals surface area contributed by atoms with Gasteiger partial charge in [-0.05, 0) is 54.5 Å². The molecule has 0 unspecified atom stereocenters. The molecule has 1 atom stereocenters. The zero-order valence-corrected chi connectivity index (χ0v) is 17.9. The maximum Gasteiger partial charge on any atom is 0.240 e. The first-order valence-electron chi connectivity index (χ1n) is 9.94. The van der Waals surface area contributed by atoms with E-state index in [-0.39, 0.29) is 11.9 Å². The summed E-state index contributed by atoms with van der Waals surface area (Å²) in [6.07, 6.45) is 1.61. The van der Waals surface area contributed by atoms with Gasteiger partial charge in [0.2, 0.25) is 5.91 Å². The van der Waals surface area contributed by atoms with Crippen molar-refractivity contribution in [1.29, 1.82) is 0 Å². The zero-order chi connectivity index (χ0) is 20.5. The second-order valence-corrected chi connectivity index (χ2v) is 8.12. The predicted octanol–water partition coefficient (Wildman–Crippen LogP) is 5.25. The van der Waals surface area contributed by atoms with E-state index in [1.165, 1.54) is 11.1 Å². The number of carbonyl (C=O) groups excluding carboxylic acids is 1. The van der Waals surface area contributed by atoms with Crippen LogP contribution in [0.5, 0.6) is 0 Å². The quantitative estimate of drug-likeness (QED) is 0.494. The lowest BCUT2D eigenvalue weighted by molar-refractivity contribution is -0.132. The highest BCUT2D eigenvalue weighted by Gasteiger charge is 2.22. The Morgan fingerprint density at radius 2 is 1.48 bits per heavy atom. The first kappa shape index (κ1) is 21.2. The first-order chi connectivity index (χ1) is 14.1. The number of carbonyl (C=O) groups is 1. The number of hydrogen-bond donors (Lipinski definition) is 1. The number of hydrogen-bond acceptors (Lipinski definition) is 3.